The van der Waals surface area contributed by atoms with Gasteiger partial charge in [0.2, 0.25) is 12.5 Å². The molecule has 0 aromatic heterocycles. The van der Waals surface area contributed by atoms with Gasteiger partial charge in [-0.1, -0.05) is 0 Å². The van der Waals surface area contributed by atoms with E-state index >= 15 is 0 Å². The molecule has 2 heterocycles. The van der Waals surface area contributed by atoms with Crippen molar-refractivity contribution in [3.05, 3.63) is 47.0 Å². The molecule has 1 atom stereocenters. The summed E-state index contributed by atoms with van der Waals surface area (Å²) in [6, 6.07) is 9.27. The molecule has 0 aliphatic carbocycles. The molecule has 142 valence electrons. The minimum atomic E-state index is -0.351. The molecule has 0 saturated carbocycles. The highest BCUT2D eigenvalue weighted by molar-refractivity contribution is 5.89. The van der Waals surface area contributed by atoms with E-state index in [4.69, 9.17) is 18.9 Å². The van der Waals surface area contributed by atoms with Gasteiger partial charge in [-0.15, -0.1) is 0 Å². The third kappa shape index (κ3) is 3.04. The first-order valence-electron chi connectivity index (χ1n) is 8.77. The zero-order chi connectivity index (χ0) is 19.0. The summed E-state index contributed by atoms with van der Waals surface area (Å²) in [6.07, 6.45) is 0.806. The van der Waals surface area contributed by atoms with Crippen molar-refractivity contribution in [1.82, 2.24) is 4.90 Å². The molecule has 0 unspecified atom stereocenters. The van der Waals surface area contributed by atoms with Gasteiger partial charge in [-0.2, -0.15) is 0 Å². The van der Waals surface area contributed by atoms with E-state index < -0.39 is 0 Å². The zero-order valence-corrected chi connectivity index (χ0v) is 15.6. The van der Waals surface area contributed by atoms with Gasteiger partial charge in [-0.05, 0) is 49.4 Å². The summed E-state index contributed by atoms with van der Waals surface area (Å²) in [5, 5.41) is 3.53. The van der Waals surface area contributed by atoms with Crippen molar-refractivity contribution in [2.24, 2.45) is 0 Å². The first-order valence-corrected chi connectivity index (χ1v) is 8.77. The Morgan fingerprint density at radius 2 is 2.00 bits per heavy atom. The molecular formula is C20H22N2O5. The number of likely N-dealkylation sites (N-methyl/N-ethyl adjacent to an activating group) is 1. The summed E-state index contributed by atoms with van der Waals surface area (Å²) < 4.78 is 21.6. The number of nitrogens with zero attached hydrogens (tertiary/aromatic N) is 1. The summed E-state index contributed by atoms with van der Waals surface area (Å²) in [7, 11) is 5.08. The smallest absolute Gasteiger partial charge is 0.337 e. The fraction of sp³-hybridized carbons (Fsp3) is 0.350. The van der Waals surface area contributed by atoms with Gasteiger partial charge in [0.15, 0.2) is 11.5 Å². The lowest BCUT2D eigenvalue weighted by molar-refractivity contribution is 0.0600. The topological polar surface area (TPSA) is 69.3 Å². The van der Waals surface area contributed by atoms with E-state index in [1.807, 2.05) is 18.2 Å². The molecule has 0 bridgehead atoms. The summed E-state index contributed by atoms with van der Waals surface area (Å²) in [6.45, 7) is 1.10. The van der Waals surface area contributed by atoms with E-state index in [1.165, 1.54) is 12.7 Å². The lowest BCUT2D eigenvalue weighted by atomic mass is 9.94. The van der Waals surface area contributed by atoms with E-state index in [0.29, 0.717) is 17.1 Å². The molecule has 0 radical (unpaired) electrons. The van der Waals surface area contributed by atoms with Gasteiger partial charge in [0.25, 0.3) is 0 Å². The van der Waals surface area contributed by atoms with E-state index in [1.54, 1.807) is 19.2 Å². The molecule has 0 spiro atoms. The van der Waals surface area contributed by atoms with Crippen molar-refractivity contribution < 1.29 is 23.7 Å². The fourth-order valence-corrected chi connectivity index (χ4v) is 3.59. The second kappa shape index (κ2) is 7.00. The molecule has 1 N–H and O–H groups in total. The van der Waals surface area contributed by atoms with Crippen molar-refractivity contribution in [2.45, 2.75) is 12.6 Å². The van der Waals surface area contributed by atoms with Crippen LogP contribution in [0, 0.1) is 0 Å². The van der Waals surface area contributed by atoms with Crippen LogP contribution in [-0.4, -0.2) is 45.5 Å². The van der Waals surface area contributed by atoms with E-state index in [2.05, 4.69) is 17.3 Å². The monoisotopic (exact) mass is 370 g/mol. The van der Waals surface area contributed by atoms with Crippen LogP contribution < -0.4 is 19.5 Å². The quantitative estimate of drug-likeness (QED) is 0.830. The van der Waals surface area contributed by atoms with Crippen LogP contribution >= 0.6 is 0 Å². The average molecular weight is 370 g/mol. The second-order valence-corrected chi connectivity index (χ2v) is 6.56. The molecule has 2 aliphatic rings. The van der Waals surface area contributed by atoms with Crippen molar-refractivity contribution in [1.29, 1.82) is 0 Å². The Hall–Kier alpha value is -2.93. The predicted octanol–water partition coefficient (Wildman–Crippen LogP) is 2.81. The van der Waals surface area contributed by atoms with Crippen molar-refractivity contribution in [3.8, 4) is 17.2 Å². The van der Waals surface area contributed by atoms with Crippen LogP contribution in [0.25, 0.3) is 0 Å². The average Bonchev–Trinajstić information content (AvgIpc) is 3.16. The minimum absolute atomic E-state index is 0.0952. The molecule has 0 saturated heterocycles. The van der Waals surface area contributed by atoms with Crippen LogP contribution in [0.2, 0.25) is 0 Å². The number of benzene rings is 2. The highest BCUT2D eigenvalue weighted by atomic mass is 16.7. The summed E-state index contributed by atoms with van der Waals surface area (Å²) in [5.74, 6) is 1.74. The number of methoxy groups -OCH3 is 2. The fourth-order valence-electron chi connectivity index (χ4n) is 3.59. The lowest BCUT2D eigenvalue weighted by Crippen LogP contribution is -2.37. The maximum atomic E-state index is 11.6. The Balaban J connectivity index is 1.69. The first kappa shape index (κ1) is 17.5. The number of hydrogen-bond acceptors (Lipinski definition) is 7. The number of rotatable bonds is 4. The summed E-state index contributed by atoms with van der Waals surface area (Å²) in [4.78, 5) is 13.9. The number of fused-ring (bicyclic) bond motifs is 2. The predicted molar refractivity (Wildman–Crippen MR) is 99.6 cm³/mol. The van der Waals surface area contributed by atoms with E-state index in [-0.39, 0.29) is 18.9 Å². The van der Waals surface area contributed by atoms with Crippen LogP contribution in [0.4, 0.5) is 5.69 Å². The molecule has 4 rings (SSSR count). The normalized spacial score (nSPS) is 18.0. The third-order valence-corrected chi connectivity index (χ3v) is 5.01. The minimum Gasteiger partial charge on any atom is -0.492 e. The molecule has 2 aromatic carbocycles. The van der Waals surface area contributed by atoms with Gasteiger partial charge in [0.05, 0.1) is 19.8 Å². The standard InChI is InChI=1S/C20H22N2O5/c1-22-9-8-13-10-15-17(27-11-26-15)18(24-2)16(13)19(22)21-14-6-4-12(5-7-14)20(23)25-3/h4-7,10,19,21H,8-9,11H2,1-3H3/t19-/m0/s1. The summed E-state index contributed by atoms with van der Waals surface area (Å²) >= 11 is 0. The Morgan fingerprint density at radius 1 is 1.22 bits per heavy atom. The van der Waals surface area contributed by atoms with Crippen molar-refractivity contribution in [2.75, 3.05) is 39.9 Å². The SMILES string of the molecule is COC(=O)c1ccc(N[C@@H]2c3c(cc4c(c3OC)OCO4)CCN2C)cc1. The molecule has 7 heteroatoms. The molecule has 0 amide bonds. The first-order chi connectivity index (χ1) is 13.1. The number of ether oxygens (including phenoxy) is 4. The Bertz CT molecular complexity index is 866. The van der Waals surface area contributed by atoms with Gasteiger partial charge in [-0.3, -0.25) is 4.90 Å². The van der Waals surface area contributed by atoms with Crippen LogP contribution in [0.1, 0.15) is 27.7 Å². The second-order valence-electron chi connectivity index (χ2n) is 6.56. The molecule has 2 aromatic rings. The highest BCUT2D eigenvalue weighted by Gasteiger charge is 2.34. The number of nitrogens with one attached hydrogen (secondary N) is 1. The van der Waals surface area contributed by atoms with Crippen LogP contribution in [0.3, 0.4) is 0 Å². The largest absolute Gasteiger partial charge is 0.492 e. The Kier molecular flexibility index (Phi) is 4.53. The van der Waals surface area contributed by atoms with Gasteiger partial charge < -0.3 is 24.3 Å². The maximum absolute atomic E-state index is 11.6. The van der Waals surface area contributed by atoms with Gasteiger partial charge in [-0.25, -0.2) is 4.79 Å². The Labute approximate surface area is 157 Å². The molecular weight excluding hydrogens is 348 g/mol. The van der Waals surface area contributed by atoms with Crippen LogP contribution in [0.5, 0.6) is 17.2 Å². The van der Waals surface area contributed by atoms with Crippen LogP contribution in [0.15, 0.2) is 30.3 Å². The van der Waals surface area contributed by atoms with Crippen molar-refractivity contribution in [3.63, 3.8) is 0 Å². The maximum Gasteiger partial charge on any atom is 0.337 e. The summed E-state index contributed by atoms with van der Waals surface area (Å²) in [5.41, 5.74) is 3.64. The van der Waals surface area contributed by atoms with E-state index in [9.17, 15) is 4.79 Å². The highest BCUT2D eigenvalue weighted by Crippen LogP contribution is 2.49. The van der Waals surface area contributed by atoms with Crippen LogP contribution in [-0.2, 0) is 11.2 Å². The van der Waals surface area contributed by atoms with Gasteiger partial charge in [0.1, 0.15) is 6.17 Å². The number of esters is 1. The third-order valence-electron chi connectivity index (χ3n) is 5.01. The number of carbonyl (C=O) groups excluding carboxylic acids is 1. The number of hydrogen-bond donors (Lipinski definition) is 1. The number of carbonyl (C=O) groups is 1. The van der Waals surface area contributed by atoms with E-state index in [0.717, 1.165) is 30.0 Å². The number of anilines is 1. The molecule has 2 aliphatic heterocycles. The van der Waals surface area contributed by atoms with Gasteiger partial charge in [0, 0.05) is 17.8 Å². The van der Waals surface area contributed by atoms with Crippen molar-refractivity contribution >= 4 is 11.7 Å². The van der Waals surface area contributed by atoms with Gasteiger partial charge >= 0.3 is 5.97 Å². The zero-order valence-electron chi connectivity index (χ0n) is 15.6. The molecule has 7 nitrogen and oxygen atoms in total. The molecule has 27 heavy (non-hydrogen) atoms. The lowest BCUT2D eigenvalue weighted by Gasteiger charge is -2.36. The molecule has 0 fully saturated rings. The Morgan fingerprint density at radius 3 is 2.70 bits per heavy atom.